The Labute approximate surface area is 154 Å². The number of rotatable bonds is 5. The largest absolute Gasteiger partial charge is 0.507 e. The van der Waals surface area contributed by atoms with Gasteiger partial charge in [0.15, 0.2) is 0 Å². The number of ether oxygens (including phenoxy) is 1. The number of phenols is 1. The van der Waals surface area contributed by atoms with Crippen LogP contribution in [-0.2, 0) is 20.1 Å². The Bertz CT molecular complexity index is 844. The van der Waals surface area contributed by atoms with Gasteiger partial charge in [-0.3, -0.25) is 0 Å². The zero-order chi connectivity index (χ0) is 20.6. The first-order chi connectivity index (χ1) is 12.6. The fraction of sp³-hybridized carbons (Fsp3) is 0.105. The molecular weight excluding hydrogens is 356 g/mol. The standard InChI is InChI=1S/C12H12O5.C7H6O3/c1-8(2)10(13)17-12(16,11(14)15)9-6-4-3-5-7-9;8-6-4-2-1-3-5(6)7(9)10/h3-7,16H,1H2,2H3,(H,14,15);1-4,8H,(H,9,10). The highest BCUT2D eigenvalue weighted by Crippen LogP contribution is 2.24. The van der Waals surface area contributed by atoms with E-state index < -0.39 is 23.7 Å². The van der Waals surface area contributed by atoms with Gasteiger partial charge in [0.25, 0.3) is 0 Å². The van der Waals surface area contributed by atoms with E-state index in [1.165, 1.54) is 43.3 Å². The summed E-state index contributed by atoms with van der Waals surface area (Å²) in [6.45, 7) is 4.67. The van der Waals surface area contributed by atoms with E-state index in [0.717, 1.165) is 0 Å². The Morgan fingerprint density at radius 3 is 1.89 bits per heavy atom. The maximum atomic E-state index is 11.3. The molecule has 0 spiro atoms. The number of carbonyl (C=O) groups is 3. The highest BCUT2D eigenvalue weighted by molar-refractivity contribution is 5.91. The summed E-state index contributed by atoms with van der Waals surface area (Å²) in [6, 6.07) is 13.2. The van der Waals surface area contributed by atoms with Crippen LogP contribution in [0.15, 0.2) is 66.7 Å². The van der Waals surface area contributed by atoms with E-state index in [4.69, 9.17) is 15.3 Å². The van der Waals surface area contributed by atoms with Crippen molar-refractivity contribution >= 4 is 17.9 Å². The van der Waals surface area contributed by atoms with Gasteiger partial charge in [0.2, 0.25) is 0 Å². The zero-order valence-electron chi connectivity index (χ0n) is 14.3. The van der Waals surface area contributed by atoms with Crippen LogP contribution >= 0.6 is 0 Å². The third kappa shape index (κ3) is 5.68. The molecule has 1 atom stereocenters. The molecule has 0 aromatic heterocycles. The lowest BCUT2D eigenvalue weighted by Crippen LogP contribution is -2.40. The van der Waals surface area contributed by atoms with Gasteiger partial charge >= 0.3 is 23.7 Å². The number of aromatic carboxylic acids is 1. The number of carboxylic acid groups (broad SMARTS) is 2. The van der Waals surface area contributed by atoms with Gasteiger partial charge in [0.1, 0.15) is 11.3 Å². The van der Waals surface area contributed by atoms with Crippen molar-refractivity contribution in [2.24, 2.45) is 0 Å². The predicted molar refractivity (Wildman–Crippen MR) is 93.9 cm³/mol. The summed E-state index contributed by atoms with van der Waals surface area (Å²) >= 11 is 0. The number of carbonyl (C=O) groups excluding carboxylic acids is 1. The lowest BCUT2D eigenvalue weighted by atomic mass is 10.1. The van der Waals surface area contributed by atoms with Crippen LogP contribution in [0, 0.1) is 0 Å². The van der Waals surface area contributed by atoms with Gasteiger partial charge in [-0.2, -0.15) is 0 Å². The molecule has 0 fully saturated rings. The summed E-state index contributed by atoms with van der Waals surface area (Å²) in [4.78, 5) is 32.6. The number of aliphatic carboxylic acids is 1. The summed E-state index contributed by atoms with van der Waals surface area (Å²) < 4.78 is 4.56. The van der Waals surface area contributed by atoms with Crippen LogP contribution in [0.1, 0.15) is 22.8 Å². The fourth-order valence-electron chi connectivity index (χ4n) is 1.77. The summed E-state index contributed by atoms with van der Waals surface area (Å²) in [5, 5.41) is 36.2. The Hall–Kier alpha value is -3.65. The average Bonchev–Trinajstić information content (AvgIpc) is 2.62. The molecule has 0 saturated carbocycles. The molecule has 142 valence electrons. The van der Waals surface area contributed by atoms with Gasteiger partial charge in [-0.25, -0.2) is 14.4 Å². The number of esters is 1. The molecule has 0 amide bonds. The van der Waals surface area contributed by atoms with Gasteiger partial charge in [0.05, 0.1) is 0 Å². The molecule has 2 aromatic carbocycles. The first-order valence-electron chi connectivity index (χ1n) is 7.51. The second-order valence-electron chi connectivity index (χ2n) is 5.31. The molecule has 0 aliphatic rings. The van der Waals surface area contributed by atoms with Gasteiger partial charge in [0, 0.05) is 11.1 Å². The molecule has 2 rings (SSSR count). The van der Waals surface area contributed by atoms with E-state index in [9.17, 15) is 19.5 Å². The molecule has 0 aliphatic carbocycles. The highest BCUT2D eigenvalue weighted by atomic mass is 16.7. The molecule has 4 N–H and O–H groups in total. The molecule has 0 aliphatic heterocycles. The van der Waals surface area contributed by atoms with Crippen molar-refractivity contribution in [2.75, 3.05) is 0 Å². The van der Waals surface area contributed by atoms with Crippen LogP contribution in [0.25, 0.3) is 0 Å². The number of benzene rings is 2. The smallest absolute Gasteiger partial charge is 0.382 e. The topological polar surface area (TPSA) is 141 Å². The van der Waals surface area contributed by atoms with Gasteiger partial charge in [-0.15, -0.1) is 0 Å². The highest BCUT2D eigenvalue weighted by Gasteiger charge is 2.42. The van der Waals surface area contributed by atoms with Crippen molar-refractivity contribution in [1.82, 2.24) is 0 Å². The fourth-order valence-corrected chi connectivity index (χ4v) is 1.77. The van der Waals surface area contributed by atoms with Gasteiger partial charge in [-0.1, -0.05) is 49.0 Å². The molecule has 0 radical (unpaired) electrons. The SMILES string of the molecule is C=C(C)C(=O)OC(O)(C(=O)O)c1ccccc1.O=C(O)c1ccccc1O. The van der Waals surface area contributed by atoms with Crippen molar-refractivity contribution in [3.05, 3.63) is 77.9 Å². The number of para-hydroxylation sites is 1. The number of aliphatic hydroxyl groups is 1. The third-order valence-electron chi connectivity index (χ3n) is 3.18. The minimum Gasteiger partial charge on any atom is -0.507 e. The predicted octanol–water partition coefficient (Wildman–Crippen LogP) is 2.13. The van der Waals surface area contributed by atoms with E-state index in [1.54, 1.807) is 18.2 Å². The molecule has 0 heterocycles. The second-order valence-corrected chi connectivity index (χ2v) is 5.31. The van der Waals surface area contributed by atoms with Crippen molar-refractivity contribution < 1.29 is 39.5 Å². The van der Waals surface area contributed by atoms with Gasteiger partial charge < -0.3 is 25.2 Å². The Morgan fingerprint density at radius 2 is 1.48 bits per heavy atom. The minimum absolute atomic E-state index is 0.000561. The molecule has 27 heavy (non-hydrogen) atoms. The molecule has 8 nitrogen and oxygen atoms in total. The Kier molecular flexibility index (Phi) is 7.26. The average molecular weight is 374 g/mol. The number of carboxylic acids is 2. The first-order valence-corrected chi connectivity index (χ1v) is 7.51. The zero-order valence-corrected chi connectivity index (χ0v) is 14.3. The van der Waals surface area contributed by atoms with Crippen molar-refractivity contribution in [3.8, 4) is 5.75 Å². The molecule has 0 saturated heterocycles. The maximum Gasteiger partial charge on any atom is 0.382 e. The number of hydrogen-bond donors (Lipinski definition) is 4. The van der Waals surface area contributed by atoms with Crippen LogP contribution in [0.3, 0.4) is 0 Å². The quantitative estimate of drug-likeness (QED) is 0.354. The maximum absolute atomic E-state index is 11.3. The molecular formula is C19H18O8. The van der Waals surface area contributed by atoms with E-state index in [-0.39, 0.29) is 22.4 Å². The van der Waals surface area contributed by atoms with Gasteiger partial charge in [-0.05, 0) is 19.1 Å². The first kappa shape index (κ1) is 21.4. The second kappa shape index (κ2) is 9.16. The third-order valence-corrected chi connectivity index (χ3v) is 3.18. The van der Waals surface area contributed by atoms with Crippen LogP contribution in [0.5, 0.6) is 5.75 Å². The van der Waals surface area contributed by atoms with E-state index >= 15 is 0 Å². The van der Waals surface area contributed by atoms with Crippen LogP contribution < -0.4 is 0 Å². The Balaban J connectivity index is 0.000000309. The van der Waals surface area contributed by atoms with E-state index in [0.29, 0.717) is 0 Å². The normalized spacial score (nSPS) is 11.9. The summed E-state index contributed by atoms with van der Waals surface area (Å²) in [7, 11) is 0. The Morgan fingerprint density at radius 1 is 0.963 bits per heavy atom. The monoisotopic (exact) mass is 374 g/mol. The summed E-state index contributed by atoms with van der Waals surface area (Å²) in [5.41, 5.74) is -0.106. The number of aromatic hydroxyl groups is 1. The van der Waals surface area contributed by atoms with Crippen LogP contribution in [0.2, 0.25) is 0 Å². The van der Waals surface area contributed by atoms with Crippen molar-refractivity contribution in [3.63, 3.8) is 0 Å². The lowest BCUT2D eigenvalue weighted by Gasteiger charge is -2.23. The summed E-state index contributed by atoms with van der Waals surface area (Å²) in [6.07, 6.45) is 0. The van der Waals surface area contributed by atoms with Crippen molar-refractivity contribution in [1.29, 1.82) is 0 Å². The van der Waals surface area contributed by atoms with E-state index in [1.807, 2.05) is 0 Å². The van der Waals surface area contributed by atoms with E-state index in [2.05, 4.69) is 11.3 Å². The molecule has 0 bridgehead atoms. The summed E-state index contributed by atoms with van der Waals surface area (Å²) in [5.74, 6) is -6.65. The molecule has 2 aromatic rings. The molecule has 1 unspecified atom stereocenters. The van der Waals surface area contributed by atoms with Crippen molar-refractivity contribution in [2.45, 2.75) is 12.7 Å². The molecule has 8 heteroatoms. The van der Waals surface area contributed by atoms with Crippen LogP contribution in [0.4, 0.5) is 0 Å². The lowest BCUT2D eigenvalue weighted by molar-refractivity contribution is -0.225. The minimum atomic E-state index is -2.70. The van der Waals surface area contributed by atoms with Crippen LogP contribution in [-0.4, -0.2) is 38.3 Å². The number of hydrogen-bond acceptors (Lipinski definition) is 6.